The second-order valence-corrected chi connectivity index (χ2v) is 10.6. The largest absolute Gasteiger partial charge is 0.307 e. The van der Waals surface area contributed by atoms with Crippen molar-refractivity contribution in [3.8, 4) is 11.3 Å². The monoisotopic (exact) mass is 614 g/mol. The average Bonchev–Trinajstić information content (AvgIpc) is 3.33. The minimum atomic E-state index is -0.691. The van der Waals surface area contributed by atoms with Gasteiger partial charge in [-0.3, -0.25) is 9.97 Å². The van der Waals surface area contributed by atoms with Gasteiger partial charge in [-0.05, 0) is 69.6 Å². The van der Waals surface area contributed by atoms with Crippen molar-refractivity contribution in [3.63, 3.8) is 0 Å². The van der Waals surface area contributed by atoms with E-state index in [1.54, 1.807) is 0 Å². The quantitative estimate of drug-likeness (QED) is 0.112. The molecule has 0 fully saturated rings. The first-order chi connectivity index (χ1) is 19.3. The maximum atomic E-state index is 5.37. The molecular weight excluding hydrogens is 591 g/mol. The number of rotatable bonds is 5. The average molecular weight is 614 g/mol. The van der Waals surface area contributed by atoms with Crippen LogP contribution in [-0.2, 0) is 5.54 Å². The van der Waals surface area contributed by atoms with Crippen LogP contribution in [0.5, 0.6) is 0 Å². The number of benzene rings is 3. The van der Waals surface area contributed by atoms with E-state index in [0.717, 1.165) is 53.6 Å². The minimum Gasteiger partial charge on any atom is -0.307 e. The van der Waals surface area contributed by atoms with E-state index in [1.807, 2.05) is 24.7 Å². The van der Waals surface area contributed by atoms with Crippen LogP contribution < -0.4 is 0 Å². The highest BCUT2D eigenvalue weighted by molar-refractivity contribution is 14.1. The molecule has 7 rings (SSSR count). The second-order valence-electron chi connectivity index (χ2n) is 9.47. The van der Waals surface area contributed by atoms with Gasteiger partial charge in [-0.2, -0.15) is 0 Å². The number of hydrogen-bond donors (Lipinski definition) is 0. The van der Waals surface area contributed by atoms with Crippen LogP contribution in [0.15, 0.2) is 140 Å². The summed E-state index contributed by atoms with van der Waals surface area (Å²) < 4.78 is 3.35. The first kappa shape index (κ1) is 23.7. The van der Waals surface area contributed by atoms with Crippen molar-refractivity contribution < 1.29 is 0 Å². The molecule has 7 aromatic rings. The van der Waals surface area contributed by atoms with Gasteiger partial charge < -0.3 is 4.57 Å². The van der Waals surface area contributed by atoms with E-state index in [0.29, 0.717) is 0 Å². The van der Waals surface area contributed by atoms with Gasteiger partial charge in [-0.25, -0.2) is 4.98 Å². The molecule has 0 spiro atoms. The van der Waals surface area contributed by atoms with Crippen LogP contribution in [0.2, 0.25) is 0 Å². The Bertz CT molecular complexity index is 1820. The lowest BCUT2D eigenvalue weighted by atomic mass is 9.76. The first-order valence-corrected chi connectivity index (χ1v) is 13.9. The van der Waals surface area contributed by atoms with Gasteiger partial charge in [-0.1, -0.05) is 91.0 Å². The Morgan fingerprint density at radius 1 is 0.615 bits per heavy atom. The van der Waals surface area contributed by atoms with E-state index in [-0.39, 0.29) is 0 Å². The number of pyridine rings is 3. The van der Waals surface area contributed by atoms with E-state index in [4.69, 9.17) is 4.98 Å². The molecule has 0 aliphatic heterocycles. The fourth-order valence-electron chi connectivity index (χ4n) is 5.72. The third kappa shape index (κ3) is 3.84. The van der Waals surface area contributed by atoms with Crippen molar-refractivity contribution in [2.75, 3.05) is 0 Å². The molecule has 4 heterocycles. The molecule has 39 heavy (non-hydrogen) atoms. The van der Waals surface area contributed by atoms with Gasteiger partial charge in [0, 0.05) is 34.9 Å². The zero-order chi connectivity index (χ0) is 26.2. The highest BCUT2D eigenvalue weighted by Crippen LogP contribution is 2.46. The molecular formula is C34H23IN4. The lowest BCUT2D eigenvalue weighted by Crippen LogP contribution is -2.37. The van der Waals surface area contributed by atoms with Crippen molar-refractivity contribution in [2.45, 2.75) is 5.54 Å². The van der Waals surface area contributed by atoms with Crippen LogP contribution in [0.4, 0.5) is 0 Å². The molecule has 5 heteroatoms. The summed E-state index contributed by atoms with van der Waals surface area (Å²) in [5.74, 6) is 0. The Morgan fingerprint density at radius 2 is 1.23 bits per heavy atom. The highest BCUT2D eigenvalue weighted by atomic mass is 127. The molecule has 0 amide bonds. The van der Waals surface area contributed by atoms with Crippen LogP contribution in [-0.4, -0.2) is 19.5 Å². The molecule has 4 nitrogen and oxygen atoms in total. The SMILES string of the molecule is Ic1cc(-c2ccc3c4cnccc4n(C(c4ccccc4)(c4ccccc4)c4ccccc4)c3n2)ccn1. The fourth-order valence-corrected chi connectivity index (χ4v) is 6.22. The molecule has 4 aromatic heterocycles. The van der Waals surface area contributed by atoms with Crippen molar-refractivity contribution in [1.82, 2.24) is 19.5 Å². The second kappa shape index (κ2) is 9.75. The lowest BCUT2D eigenvalue weighted by molar-refractivity contribution is 0.546. The topological polar surface area (TPSA) is 43.6 Å². The molecule has 3 aromatic carbocycles. The summed E-state index contributed by atoms with van der Waals surface area (Å²) in [5.41, 5.74) is 6.70. The third-order valence-electron chi connectivity index (χ3n) is 7.35. The number of fused-ring (bicyclic) bond motifs is 3. The molecule has 0 saturated carbocycles. The smallest absolute Gasteiger partial charge is 0.143 e. The Balaban J connectivity index is 1.69. The van der Waals surface area contributed by atoms with E-state index < -0.39 is 5.54 Å². The number of aromatic nitrogens is 4. The van der Waals surface area contributed by atoms with Gasteiger partial charge in [0.25, 0.3) is 0 Å². The van der Waals surface area contributed by atoms with Gasteiger partial charge in [0.15, 0.2) is 0 Å². The van der Waals surface area contributed by atoms with Crippen LogP contribution in [0.1, 0.15) is 16.7 Å². The maximum Gasteiger partial charge on any atom is 0.143 e. The molecule has 0 aliphatic carbocycles. The minimum absolute atomic E-state index is 0.691. The van der Waals surface area contributed by atoms with Crippen LogP contribution in [0.25, 0.3) is 33.2 Å². The van der Waals surface area contributed by atoms with E-state index in [2.05, 4.69) is 152 Å². The van der Waals surface area contributed by atoms with E-state index in [1.165, 1.54) is 0 Å². The molecule has 186 valence electrons. The zero-order valence-corrected chi connectivity index (χ0v) is 23.1. The van der Waals surface area contributed by atoms with Crippen molar-refractivity contribution >= 4 is 44.5 Å². The Kier molecular flexibility index (Phi) is 5.93. The summed E-state index contributed by atoms with van der Waals surface area (Å²) in [6.07, 6.45) is 5.66. The summed E-state index contributed by atoms with van der Waals surface area (Å²) >= 11 is 2.25. The Morgan fingerprint density at radius 3 is 1.82 bits per heavy atom. The van der Waals surface area contributed by atoms with E-state index in [9.17, 15) is 0 Å². The summed E-state index contributed by atoms with van der Waals surface area (Å²) in [7, 11) is 0. The zero-order valence-electron chi connectivity index (χ0n) is 20.9. The van der Waals surface area contributed by atoms with Gasteiger partial charge >= 0.3 is 0 Å². The molecule has 0 saturated heterocycles. The van der Waals surface area contributed by atoms with Gasteiger partial charge in [-0.15, -0.1) is 0 Å². The molecule has 0 radical (unpaired) electrons. The third-order valence-corrected chi connectivity index (χ3v) is 7.94. The summed E-state index contributed by atoms with van der Waals surface area (Å²) in [4.78, 5) is 14.3. The van der Waals surface area contributed by atoms with Crippen molar-refractivity contribution in [3.05, 3.63) is 160 Å². The highest BCUT2D eigenvalue weighted by Gasteiger charge is 2.41. The van der Waals surface area contributed by atoms with E-state index >= 15 is 0 Å². The van der Waals surface area contributed by atoms with Gasteiger partial charge in [0.05, 0.1) is 11.2 Å². The summed E-state index contributed by atoms with van der Waals surface area (Å²) in [6, 6.07) is 42.7. The Hall–Kier alpha value is -4.36. The van der Waals surface area contributed by atoms with Crippen LogP contribution >= 0.6 is 22.6 Å². The van der Waals surface area contributed by atoms with Crippen LogP contribution in [0.3, 0.4) is 0 Å². The fraction of sp³-hybridized carbons (Fsp3) is 0.0294. The molecule has 0 N–H and O–H groups in total. The predicted molar refractivity (Wildman–Crippen MR) is 166 cm³/mol. The lowest BCUT2D eigenvalue weighted by Gasteiger charge is -2.38. The van der Waals surface area contributed by atoms with Gasteiger partial charge in [0.2, 0.25) is 0 Å². The van der Waals surface area contributed by atoms with Crippen molar-refractivity contribution in [1.29, 1.82) is 0 Å². The summed E-state index contributed by atoms with van der Waals surface area (Å²) in [6.45, 7) is 0. The number of halogens is 1. The number of nitrogens with zero attached hydrogens (tertiary/aromatic N) is 4. The summed E-state index contributed by atoms with van der Waals surface area (Å²) in [5, 5.41) is 2.14. The van der Waals surface area contributed by atoms with Crippen LogP contribution in [0, 0.1) is 3.70 Å². The van der Waals surface area contributed by atoms with Gasteiger partial charge in [0.1, 0.15) is 14.9 Å². The molecule has 0 unspecified atom stereocenters. The predicted octanol–water partition coefficient (Wildman–Crippen LogP) is 8.09. The molecule has 0 bridgehead atoms. The standard InChI is InChI=1S/C34H23IN4/c35-32-22-24(18-21-37-32)30-17-16-28-29-23-36-20-19-31(29)39(33(28)38-30)34(25-10-4-1-5-11-25,26-12-6-2-7-13-26)27-14-8-3-9-15-27/h1-23H. The number of hydrogen-bond acceptors (Lipinski definition) is 3. The molecule has 0 atom stereocenters. The molecule has 0 aliphatic rings. The maximum absolute atomic E-state index is 5.37. The van der Waals surface area contributed by atoms with Crippen molar-refractivity contribution in [2.24, 2.45) is 0 Å². The first-order valence-electron chi connectivity index (χ1n) is 12.8. The Labute approximate surface area is 240 Å². The normalized spacial score (nSPS) is 11.7.